The molecule has 1 aromatic heterocycles. The molecule has 1 amide bonds. The molecule has 0 saturated carbocycles. The van der Waals surface area contributed by atoms with Gasteiger partial charge in [0, 0.05) is 43.4 Å². The number of Topliss-reactive ketones (excluding diaryl/α,β-unsaturated/α-hetero) is 1. The third kappa shape index (κ3) is 3.93. The van der Waals surface area contributed by atoms with Gasteiger partial charge in [0.1, 0.15) is 11.5 Å². The van der Waals surface area contributed by atoms with E-state index in [1.54, 1.807) is 62.0 Å². The van der Waals surface area contributed by atoms with Gasteiger partial charge in [-0.15, -0.1) is 0 Å². The maximum Gasteiger partial charge on any atom is 0.300 e. The van der Waals surface area contributed by atoms with Crippen LogP contribution in [0.2, 0.25) is 0 Å². The van der Waals surface area contributed by atoms with E-state index in [-0.39, 0.29) is 11.3 Å². The van der Waals surface area contributed by atoms with Gasteiger partial charge in [-0.2, -0.15) is 0 Å². The van der Waals surface area contributed by atoms with Crippen LogP contribution in [0.4, 0.5) is 11.4 Å². The number of anilines is 2. The van der Waals surface area contributed by atoms with Crippen LogP contribution in [-0.2, 0) is 9.59 Å². The maximum absolute atomic E-state index is 13.2. The average Bonchev–Trinajstić information content (AvgIpc) is 3.09. The number of aliphatic hydroxyl groups is 1. The summed E-state index contributed by atoms with van der Waals surface area (Å²) >= 11 is 0. The normalized spacial score (nSPS) is 17.3. The molecule has 33 heavy (non-hydrogen) atoms. The molecule has 7 heteroatoms. The Morgan fingerprint density at radius 2 is 1.70 bits per heavy atom. The van der Waals surface area contributed by atoms with Gasteiger partial charge in [-0.05, 0) is 72.6 Å². The second-order valence-electron chi connectivity index (χ2n) is 8.04. The Bertz CT molecular complexity index is 1230. The fourth-order valence-electron chi connectivity index (χ4n) is 4.05. The molecule has 3 aromatic rings. The fourth-order valence-corrected chi connectivity index (χ4v) is 4.05. The first-order chi connectivity index (χ1) is 15.8. The summed E-state index contributed by atoms with van der Waals surface area (Å²) in [6.45, 7) is 1.85. The van der Waals surface area contributed by atoms with E-state index >= 15 is 0 Å². The smallest absolute Gasteiger partial charge is 0.300 e. The number of ether oxygens (including phenoxy) is 1. The van der Waals surface area contributed by atoms with Crippen molar-refractivity contribution >= 4 is 28.8 Å². The number of aromatic nitrogens is 1. The second kappa shape index (κ2) is 8.78. The molecular formula is C26H25N3O4. The number of carbonyl (C=O) groups is 2. The number of aliphatic hydroxyl groups excluding tert-OH is 1. The molecule has 4 rings (SSSR count). The van der Waals surface area contributed by atoms with E-state index in [0.717, 1.165) is 11.3 Å². The zero-order chi connectivity index (χ0) is 23.7. The molecule has 1 aliphatic heterocycles. The topological polar surface area (TPSA) is 83.0 Å². The van der Waals surface area contributed by atoms with Crippen molar-refractivity contribution in [2.75, 3.05) is 31.0 Å². The van der Waals surface area contributed by atoms with E-state index < -0.39 is 17.7 Å². The Balaban J connectivity index is 1.89. The molecule has 0 spiro atoms. The highest BCUT2D eigenvalue weighted by Gasteiger charge is 2.47. The Labute approximate surface area is 192 Å². The number of hydrogen-bond acceptors (Lipinski definition) is 6. The molecule has 2 aromatic carbocycles. The lowest BCUT2D eigenvalue weighted by Gasteiger charge is -2.26. The highest BCUT2D eigenvalue weighted by Crippen LogP contribution is 2.42. The van der Waals surface area contributed by atoms with Crippen molar-refractivity contribution < 1.29 is 19.4 Å². The Morgan fingerprint density at radius 1 is 1.03 bits per heavy atom. The van der Waals surface area contributed by atoms with E-state index in [0.29, 0.717) is 22.6 Å². The molecule has 168 valence electrons. The number of amides is 1. The lowest BCUT2D eigenvalue weighted by Crippen LogP contribution is -2.29. The van der Waals surface area contributed by atoms with Gasteiger partial charge in [-0.25, -0.2) is 0 Å². The van der Waals surface area contributed by atoms with Gasteiger partial charge in [-0.3, -0.25) is 19.5 Å². The molecule has 1 fully saturated rings. The predicted octanol–water partition coefficient (Wildman–Crippen LogP) is 4.09. The maximum atomic E-state index is 13.2. The zero-order valence-electron chi connectivity index (χ0n) is 18.9. The van der Waals surface area contributed by atoms with Crippen molar-refractivity contribution in [3.63, 3.8) is 0 Å². The first-order valence-electron chi connectivity index (χ1n) is 10.5. The van der Waals surface area contributed by atoms with Gasteiger partial charge in [0.05, 0.1) is 18.7 Å². The third-order valence-corrected chi connectivity index (χ3v) is 5.78. The summed E-state index contributed by atoms with van der Waals surface area (Å²) in [6.07, 6.45) is 3.20. The number of carbonyl (C=O) groups excluding carboxylic acids is 2. The summed E-state index contributed by atoms with van der Waals surface area (Å²) in [5.41, 5.74) is 3.47. The van der Waals surface area contributed by atoms with Crippen LogP contribution in [0.25, 0.3) is 5.76 Å². The standard InChI is InChI=1S/C26H25N3O4/c1-16-15-18(5-10-21(16)33-4)24(30)22-23(17-11-13-27-14-12-17)29(26(32)25(22)31)20-8-6-19(7-9-20)28(2)3/h5-15,23,30H,1-4H3/b24-22-. The number of pyridine rings is 1. The van der Waals surface area contributed by atoms with Gasteiger partial charge in [0.25, 0.3) is 11.7 Å². The van der Waals surface area contributed by atoms with Crippen LogP contribution >= 0.6 is 0 Å². The molecule has 1 unspecified atom stereocenters. The molecule has 0 bridgehead atoms. The van der Waals surface area contributed by atoms with Crippen molar-refractivity contribution in [3.05, 3.63) is 89.3 Å². The lowest BCUT2D eigenvalue weighted by molar-refractivity contribution is -0.132. The quantitative estimate of drug-likeness (QED) is 0.363. The van der Waals surface area contributed by atoms with Crippen molar-refractivity contribution in [3.8, 4) is 5.75 Å². The second-order valence-corrected chi connectivity index (χ2v) is 8.04. The van der Waals surface area contributed by atoms with E-state index in [1.165, 1.54) is 4.90 Å². The number of benzene rings is 2. The van der Waals surface area contributed by atoms with Crippen LogP contribution in [0.15, 0.2) is 72.6 Å². The van der Waals surface area contributed by atoms with Crippen LogP contribution in [0.5, 0.6) is 5.75 Å². The molecule has 7 nitrogen and oxygen atoms in total. The van der Waals surface area contributed by atoms with E-state index in [4.69, 9.17) is 4.74 Å². The number of ketones is 1. The monoisotopic (exact) mass is 443 g/mol. The van der Waals surface area contributed by atoms with Gasteiger partial charge in [0.2, 0.25) is 0 Å². The Morgan fingerprint density at radius 3 is 2.27 bits per heavy atom. The van der Waals surface area contributed by atoms with Crippen LogP contribution < -0.4 is 14.5 Å². The van der Waals surface area contributed by atoms with E-state index in [2.05, 4.69) is 4.98 Å². The summed E-state index contributed by atoms with van der Waals surface area (Å²) in [5.74, 6) is -0.993. The van der Waals surface area contributed by atoms with Gasteiger partial charge in [0.15, 0.2) is 0 Å². The number of aryl methyl sites for hydroxylation is 1. The number of rotatable bonds is 5. The van der Waals surface area contributed by atoms with Crippen LogP contribution in [-0.4, -0.2) is 43.0 Å². The molecule has 2 heterocycles. The average molecular weight is 444 g/mol. The van der Waals surface area contributed by atoms with Crippen LogP contribution in [0.1, 0.15) is 22.7 Å². The minimum Gasteiger partial charge on any atom is -0.507 e. The number of methoxy groups -OCH3 is 1. The molecule has 0 aliphatic carbocycles. The minimum atomic E-state index is -0.791. The summed E-state index contributed by atoms with van der Waals surface area (Å²) in [4.78, 5) is 33.9. The predicted molar refractivity (Wildman–Crippen MR) is 128 cm³/mol. The molecular weight excluding hydrogens is 418 g/mol. The largest absolute Gasteiger partial charge is 0.507 e. The molecule has 1 aliphatic rings. The Hall–Kier alpha value is -4.13. The molecule has 1 atom stereocenters. The summed E-state index contributed by atoms with van der Waals surface area (Å²) < 4.78 is 5.30. The van der Waals surface area contributed by atoms with E-state index in [1.807, 2.05) is 38.1 Å². The third-order valence-electron chi connectivity index (χ3n) is 5.78. The zero-order valence-corrected chi connectivity index (χ0v) is 18.9. The molecule has 1 N–H and O–H groups in total. The number of nitrogens with zero attached hydrogens (tertiary/aromatic N) is 3. The molecule has 1 saturated heterocycles. The van der Waals surface area contributed by atoms with Crippen LogP contribution in [0, 0.1) is 6.92 Å². The summed E-state index contributed by atoms with van der Waals surface area (Å²) in [5, 5.41) is 11.2. The highest BCUT2D eigenvalue weighted by atomic mass is 16.5. The highest BCUT2D eigenvalue weighted by molar-refractivity contribution is 6.51. The SMILES string of the molecule is COc1ccc(/C(O)=C2/C(=O)C(=O)N(c3ccc(N(C)C)cc3)C2c2ccncc2)cc1C. The van der Waals surface area contributed by atoms with Crippen molar-refractivity contribution in [2.24, 2.45) is 0 Å². The van der Waals surface area contributed by atoms with Gasteiger partial charge < -0.3 is 14.7 Å². The Kier molecular flexibility index (Phi) is 5.87. The summed E-state index contributed by atoms with van der Waals surface area (Å²) in [7, 11) is 5.42. The van der Waals surface area contributed by atoms with Crippen LogP contribution in [0.3, 0.4) is 0 Å². The fraction of sp³-hybridized carbons (Fsp3) is 0.192. The van der Waals surface area contributed by atoms with Gasteiger partial charge in [-0.1, -0.05) is 0 Å². The number of hydrogen-bond donors (Lipinski definition) is 1. The molecule has 0 radical (unpaired) electrons. The summed E-state index contributed by atoms with van der Waals surface area (Å²) in [6, 6.07) is 15.2. The van der Waals surface area contributed by atoms with Crippen molar-refractivity contribution in [1.82, 2.24) is 4.98 Å². The van der Waals surface area contributed by atoms with E-state index in [9.17, 15) is 14.7 Å². The van der Waals surface area contributed by atoms with Crippen molar-refractivity contribution in [1.29, 1.82) is 0 Å². The lowest BCUT2D eigenvalue weighted by atomic mass is 9.95. The minimum absolute atomic E-state index is 0.0347. The first kappa shape index (κ1) is 22.1. The first-order valence-corrected chi connectivity index (χ1v) is 10.5. The van der Waals surface area contributed by atoms with Gasteiger partial charge >= 0.3 is 0 Å². The van der Waals surface area contributed by atoms with Crippen molar-refractivity contribution in [2.45, 2.75) is 13.0 Å².